The quantitative estimate of drug-likeness (QED) is 0.701. The van der Waals surface area contributed by atoms with Crippen molar-refractivity contribution in [2.45, 2.75) is 47.0 Å². The summed E-state index contributed by atoms with van der Waals surface area (Å²) in [6.45, 7) is 13.5. The van der Waals surface area contributed by atoms with Crippen molar-refractivity contribution in [1.29, 1.82) is 0 Å². The van der Waals surface area contributed by atoms with Crippen molar-refractivity contribution in [3.05, 3.63) is 65.8 Å². The normalized spacial score (nSPS) is 11.7. The smallest absolute Gasteiger partial charge is 0.0582 e. The van der Waals surface area contributed by atoms with E-state index in [1.54, 1.807) is 3.57 Å². The van der Waals surface area contributed by atoms with Crippen LogP contribution in [0.25, 0.3) is 0 Å². The van der Waals surface area contributed by atoms with Crippen molar-refractivity contribution >= 4 is 0 Å². The van der Waals surface area contributed by atoms with Crippen LogP contribution in [0.15, 0.2) is 36.4 Å². The van der Waals surface area contributed by atoms with Gasteiger partial charge in [-0.05, 0) is 43.9 Å². The first-order valence-corrected chi connectivity index (χ1v) is 9.26. The van der Waals surface area contributed by atoms with E-state index in [2.05, 4.69) is 77.9 Å². The highest BCUT2D eigenvalue weighted by Crippen LogP contribution is 2.21. The van der Waals surface area contributed by atoms with Gasteiger partial charge in [0.05, 0.1) is 0 Å². The third kappa shape index (κ3) is 3.63. The Morgan fingerprint density at radius 1 is 0.850 bits per heavy atom. The molecule has 1 heteroatoms. The molecule has 0 nitrogen and oxygen atoms in total. The van der Waals surface area contributed by atoms with E-state index in [0.29, 0.717) is 0 Å². The second kappa shape index (κ2) is 5.88. The predicted molar refractivity (Wildman–Crippen MR) is 83.2 cm³/mol. The van der Waals surface area contributed by atoms with Crippen molar-refractivity contribution in [2.75, 3.05) is 0 Å². The summed E-state index contributed by atoms with van der Waals surface area (Å²) in [6, 6.07) is 13.8. The molecule has 0 unspecified atom stereocenters. The van der Waals surface area contributed by atoms with Gasteiger partial charge >= 0.3 is 21.2 Å². The molecule has 0 aromatic heterocycles. The fraction of sp³-hybridized carbons (Fsp3) is 0.368. The highest BCUT2D eigenvalue weighted by Gasteiger charge is 2.23. The molecule has 0 bridgehead atoms. The molecule has 0 fully saturated rings. The Kier molecular flexibility index (Phi) is 4.58. The van der Waals surface area contributed by atoms with Crippen LogP contribution in [0.5, 0.6) is 0 Å². The molecule has 0 saturated heterocycles. The molecule has 0 aliphatic rings. The van der Waals surface area contributed by atoms with E-state index >= 15 is 0 Å². The summed E-state index contributed by atoms with van der Waals surface area (Å²) in [5.41, 5.74) is 5.96. The molecule has 0 radical (unpaired) electrons. The van der Waals surface area contributed by atoms with Gasteiger partial charge in [0, 0.05) is 11.1 Å². The molecular weight excluding hydrogens is 355 g/mol. The summed E-state index contributed by atoms with van der Waals surface area (Å²) in [5.74, 6) is 0. The Morgan fingerprint density at radius 2 is 1.45 bits per heavy atom. The molecule has 0 saturated carbocycles. The largest absolute Gasteiger partial charge is 0.358 e. The van der Waals surface area contributed by atoms with Crippen LogP contribution in [0, 0.1) is 27.9 Å². The molecule has 0 spiro atoms. The Morgan fingerprint density at radius 3 is 2.00 bits per heavy atom. The lowest BCUT2D eigenvalue weighted by molar-refractivity contribution is -0.598. The zero-order valence-corrected chi connectivity index (χ0v) is 15.5. The van der Waals surface area contributed by atoms with E-state index in [1.165, 1.54) is 25.8 Å². The lowest BCUT2D eigenvalue weighted by Crippen LogP contribution is -3.62. The van der Waals surface area contributed by atoms with E-state index in [0.717, 1.165) is 0 Å². The van der Waals surface area contributed by atoms with Gasteiger partial charge < -0.3 is 0 Å². The van der Waals surface area contributed by atoms with Gasteiger partial charge in [-0.25, -0.2) is 0 Å². The van der Waals surface area contributed by atoms with Crippen LogP contribution < -0.4 is 21.2 Å². The van der Waals surface area contributed by atoms with Crippen molar-refractivity contribution in [1.82, 2.24) is 0 Å². The summed E-state index contributed by atoms with van der Waals surface area (Å²) in [6.07, 6.45) is 0. The average Bonchev–Trinajstić information content (AvgIpc) is 2.33. The van der Waals surface area contributed by atoms with E-state index in [4.69, 9.17) is 0 Å². The van der Waals surface area contributed by atoms with Gasteiger partial charge in [0.1, 0.15) is 0 Å². The second-order valence-corrected chi connectivity index (χ2v) is 9.43. The van der Waals surface area contributed by atoms with Gasteiger partial charge in [0.25, 0.3) is 0 Å². The summed E-state index contributed by atoms with van der Waals surface area (Å²) in [7, 11) is 0. The molecule has 2 aromatic rings. The van der Waals surface area contributed by atoms with Gasteiger partial charge in [0.2, 0.25) is 0 Å². The first kappa shape index (κ1) is 15.6. The molecule has 2 aromatic carbocycles. The highest BCUT2D eigenvalue weighted by molar-refractivity contribution is 5.27. The fourth-order valence-electron chi connectivity index (χ4n) is 2.43. The van der Waals surface area contributed by atoms with Crippen molar-refractivity contribution in [3.8, 4) is 0 Å². The maximum absolute atomic E-state index is 2.41. The van der Waals surface area contributed by atoms with Gasteiger partial charge in [-0.1, -0.05) is 50.6 Å². The number of aryl methyl sites for hydroxylation is 3. The Balaban J connectivity index is 2.36. The second-order valence-electron chi connectivity index (χ2n) is 6.57. The molecule has 0 atom stereocenters. The van der Waals surface area contributed by atoms with Crippen LogP contribution >= 0.6 is 0 Å². The van der Waals surface area contributed by atoms with Crippen LogP contribution in [0.1, 0.15) is 43.0 Å². The van der Waals surface area contributed by atoms with Crippen LogP contribution in [-0.4, -0.2) is 0 Å². The number of rotatable bonds is 2. The molecule has 0 aliphatic heterocycles. The molecule has 0 amide bonds. The van der Waals surface area contributed by atoms with Crippen molar-refractivity contribution in [3.63, 3.8) is 0 Å². The fourth-order valence-corrected chi connectivity index (χ4v) is 5.10. The summed E-state index contributed by atoms with van der Waals surface area (Å²) in [5, 5.41) is 0. The Labute approximate surface area is 133 Å². The number of halogens is 1. The van der Waals surface area contributed by atoms with E-state index in [1.807, 2.05) is 0 Å². The highest BCUT2D eigenvalue weighted by atomic mass is 127. The standard InChI is InChI=1S/C19H24I/c1-13-10-14(2)18(15(3)11-13)20-17-9-7-8-16(12-17)19(4,5)6/h7-12H,1-6H3/q+1. The maximum atomic E-state index is 2.41. The van der Waals surface area contributed by atoms with Crippen LogP contribution in [0.4, 0.5) is 0 Å². The van der Waals surface area contributed by atoms with Crippen LogP contribution in [0.2, 0.25) is 0 Å². The average molecular weight is 379 g/mol. The first-order valence-electron chi connectivity index (χ1n) is 7.10. The zero-order valence-electron chi connectivity index (χ0n) is 13.3. The van der Waals surface area contributed by atoms with Crippen LogP contribution in [0.3, 0.4) is 0 Å². The minimum atomic E-state index is -0.0926. The summed E-state index contributed by atoms with van der Waals surface area (Å²) in [4.78, 5) is 0. The monoisotopic (exact) mass is 379 g/mol. The number of hydrogen-bond acceptors (Lipinski definition) is 0. The minimum absolute atomic E-state index is 0.0926. The molecule has 20 heavy (non-hydrogen) atoms. The van der Waals surface area contributed by atoms with Gasteiger partial charge in [-0.2, -0.15) is 0 Å². The van der Waals surface area contributed by atoms with Crippen LogP contribution in [-0.2, 0) is 5.41 Å². The molecule has 0 heterocycles. The van der Waals surface area contributed by atoms with Gasteiger partial charge in [-0.15, -0.1) is 0 Å². The third-order valence-corrected chi connectivity index (χ3v) is 7.01. The minimum Gasteiger partial charge on any atom is -0.0582 e. The molecule has 106 valence electrons. The predicted octanol–water partition coefficient (Wildman–Crippen LogP) is 2.04. The van der Waals surface area contributed by atoms with Gasteiger partial charge in [-0.3, -0.25) is 0 Å². The molecule has 2 rings (SSSR count). The Bertz CT molecular complexity index is 595. The lowest BCUT2D eigenvalue weighted by Gasteiger charge is -2.18. The number of hydrogen-bond donors (Lipinski definition) is 0. The third-order valence-electron chi connectivity index (χ3n) is 3.48. The van der Waals surface area contributed by atoms with E-state index in [-0.39, 0.29) is 26.6 Å². The summed E-state index contributed by atoms with van der Waals surface area (Å²) < 4.78 is 3.10. The van der Waals surface area contributed by atoms with Gasteiger partial charge in [0.15, 0.2) is 7.14 Å². The SMILES string of the molecule is Cc1cc(C)c([I+]c2cccc(C(C)(C)C)c2)c(C)c1. The maximum Gasteiger partial charge on any atom is 0.358 e. The van der Waals surface area contributed by atoms with E-state index < -0.39 is 0 Å². The number of benzene rings is 2. The van der Waals surface area contributed by atoms with Crippen molar-refractivity contribution in [2.24, 2.45) is 0 Å². The molecule has 0 aliphatic carbocycles. The van der Waals surface area contributed by atoms with Crippen molar-refractivity contribution < 1.29 is 21.2 Å². The molecular formula is C19H24I+. The topological polar surface area (TPSA) is 0 Å². The lowest BCUT2D eigenvalue weighted by atomic mass is 9.87. The van der Waals surface area contributed by atoms with E-state index in [9.17, 15) is 0 Å². The summed E-state index contributed by atoms with van der Waals surface area (Å²) >= 11 is -0.0926. The first-order chi connectivity index (χ1) is 9.27. The molecule has 0 N–H and O–H groups in total. The Hall–Kier alpha value is -0.830. The zero-order chi connectivity index (χ0) is 14.9.